The zero-order chi connectivity index (χ0) is 12.4. The van der Waals surface area contributed by atoms with E-state index in [2.05, 4.69) is 6.58 Å². The van der Waals surface area contributed by atoms with Crippen molar-refractivity contribution in [1.29, 1.82) is 0 Å². The smallest absolute Gasteiger partial charge is 0.422 e. The van der Waals surface area contributed by atoms with Gasteiger partial charge in [-0.2, -0.15) is 0 Å². The molecule has 1 aliphatic rings. The molecule has 1 saturated heterocycles. The number of nitro benzene ring substituents is 1. The molecule has 2 rings (SSSR count). The van der Waals surface area contributed by atoms with E-state index >= 15 is 0 Å². The number of nitrogens with zero attached hydrogens (tertiary/aromatic N) is 1. The molecule has 1 aliphatic heterocycles. The second-order valence-electron chi connectivity index (χ2n) is 3.46. The molecule has 1 fully saturated rings. The minimum absolute atomic E-state index is 0.0193. The molecule has 0 spiro atoms. The average molecular weight is 235 g/mol. The molecule has 2 atom stereocenters. The summed E-state index contributed by atoms with van der Waals surface area (Å²) in [6, 6.07) is 5.76. The predicted octanol–water partition coefficient (Wildman–Crippen LogP) is 2.36. The molecule has 1 aromatic carbocycles. The number of hydrogen-bond acceptors (Lipinski definition) is 5. The fraction of sp³-hybridized carbons (Fsp3) is 0.182. The monoisotopic (exact) mass is 235 g/mol. The SMILES string of the molecule is C=CC1OC(=O)O[C@@H]1c1ccc([N+](=O)[O-])cc1. The highest BCUT2D eigenvalue weighted by Crippen LogP contribution is 2.31. The summed E-state index contributed by atoms with van der Waals surface area (Å²) in [4.78, 5) is 21.0. The van der Waals surface area contributed by atoms with Gasteiger partial charge in [-0.3, -0.25) is 10.1 Å². The lowest BCUT2D eigenvalue weighted by Gasteiger charge is -2.11. The Morgan fingerprint density at radius 2 is 1.94 bits per heavy atom. The molecule has 0 radical (unpaired) electrons. The molecule has 0 amide bonds. The van der Waals surface area contributed by atoms with E-state index in [1.165, 1.54) is 30.3 Å². The number of carbonyl (C=O) groups is 1. The standard InChI is InChI=1S/C11H9NO5/c1-2-9-10(17-11(13)16-9)7-3-5-8(6-4-7)12(14)15/h2-6,9-10H,1H2/t9?,10-/m1/s1. The molecule has 1 unspecified atom stereocenters. The van der Waals surface area contributed by atoms with Gasteiger partial charge in [0.1, 0.15) is 0 Å². The lowest BCUT2D eigenvalue weighted by molar-refractivity contribution is -0.384. The van der Waals surface area contributed by atoms with Gasteiger partial charge in [0, 0.05) is 12.1 Å². The second-order valence-corrected chi connectivity index (χ2v) is 3.46. The maximum absolute atomic E-state index is 11.0. The van der Waals surface area contributed by atoms with Crippen molar-refractivity contribution in [2.45, 2.75) is 12.2 Å². The van der Waals surface area contributed by atoms with E-state index < -0.39 is 23.3 Å². The van der Waals surface area contributed by atoms with Crippen molar-refractivity contribution >= 4 is 11.8 Å². The predicted molar refractivity (Wildman–Crippen MR) is 57.4 cm³/mol. The minimum Gasteiger partial charge on any atom is -0.422 e. The van der Waals surface area contributed by atoms with E-state index in [1.807, 2.05) is 0 Å². The highest BCUT2D eigenvalue weighted by atomic mass is 16.8. The van der Waals surface area contributed by atoms with Gasteiger partial charge in [0.25, 0.3) is 5.69 Å². The molecular formula is C11H9NO5. The summed E-state index contributed by atoms with van der Waals surface area (Å²) in [5, 5.41) is 10.5. The molecule has 6 nitrogen and oxygen atoms in total. The van der Waals surface area contributed by atoms with Crippen LogP contribution in [0.4, 0.5) is 10.5 Å². The van der Waals surface area contributed by atoms with Gasteiger partial charge in [0.05, 0.1) is 4.92 Å². The van der Waals surface area contributed by atoms with Crippen LogP contribution < -0.4 is 0 Å². The van der Waals surface area contributed by atoms with Crippen LogP contribution in [-0.4, -0.2) is 17.2 Å². The summed E-state index contributed by atoms with van der Waals surface area (Å²) >= 11 is 0. The summed E-state index contributed by atoms with van der Waals surface area (Å²) in [5.41, 5.74) is 0.612. The first-order chi connectivity index (χ1) is 8.11. The molecule has 1 heterocycles. The number of benzene rings is 1. The van der Waals surface area contributed by atoms with Crippen LogP contribution in [0.1, 0.15) is 11.7 Å². The number of hydrogen-bond donors (Lipinski definition) is 0. The number of cyclic esters (lactones) is 2. The molecule has 17 heavy (non-hydrogen) atoms. The number of ether oxygens (including phenoxy) is 2. The first-order valence-corrected chi connectivity index (χ1v) is 4.86. The molecule has 88 valence electrons. The van der Waals surface area contributed by atoms with E-state index in [9.17, 15) is 14.9 Å². The quantitative estimate of drug-likeness (QED) is 0.348. The lowest BCUT2D eigenvalue weighted by atomic mass is 10.0. The second kappa shape index (κ2) is 4.25. The number of carbonyl (C=O) groups excluding carboxylic acids is 1. The molecule has 0 aliphatic carbocycles. The van der Waals surface area contributed by atoms with Crippen molar-refractivity contribution in [2.24, 2.45) is 0 Å². The van der Waals surface area contributed by atoms with Crippen LogP contribution in [0.15, 0.2) is 36.9 Å². The Morgan fingerprint density at radius 3 is 2.47 bits per heavy atom. The third-order valence-corrected chi connectivity index (χ3v) is 2.42. The largest absolute Gasteiger partial charge is 0.509 e. The van der Waals surface area contributed by atoms with Crippen LogP contribution >= 0.6 is 0 Å². The first kappa shape index (κ1) is 11.1. The number of nitro groups is 1. The number of non-ortho nitro benzene ring substituents is 1. The van der Waals surface area contributed by atoms with Gasteiger partial charge >= 0.3 is 6.16 Å². The van der Waals surface area contributed by atoms with Crippen molar-refractivity contribution in [3.63, 3.8) is 0 Å². The van der Waals surface area contributed by atoms with Crippen molar-refractivity contribution < 1.29 is 19.2 Å². The molecule has 0 bridgehead atoms. The highest BCUT2D eigenvalue weighted by Gasteiger charge is 2.35. The maximum Gasteiger partial charge on any atom is 0.509 e. The van der Waals surface area contributed by atoms with Crippen molar-refractivity contribution in [1.82, 2.24) is 0 Å². The molecular weight excluding hydrogens is 226 g/mol. The van der Waals surface area contributed by atoms with Gasteiger partial charge in [-0.05, 0) is 23.8 Å². The fourth-order valence-corrected chi connectivity index (χ4v) is 1.59. The number of rotatable bonds is 3. The Balaban J connectivity index is 2.25. The summed E-state index contributed by atoms with van der Waals surface area (Å²) in [5.74, 6) is 0. The highest BCUT2D eigenvalue weighted by molar-refractivity contribution is 5.63. The molecule has 0 aromatic heterocycles. The maximum atomic E-state index is 11.0. The van der Waals surface area contributed by atoms with Crippen LogP contribution in [0, 0.1) is 10.1 Å². The summed E-state index contributed by atoms with van der Waals surface area (Å²) in [6.45, 7) is 3.53. The van der Waals surface area contributed by atoms with Crippen LogP contribution in [-0.2, 0) is 9.47 Å². The molecule has 0 saturated carbocycles. The first-order valence-electron chi connectivity index (χ1n) is 4.86. The summed E-state index contributed by atoms with van der Waals surface area (Å²) in [7, 11) is 0. The van der Waals surface area contributed by atoms with Crippen molar-refractivity contribution in [3.8, 4) is 0 Å². The van der Waals surface area contributed by atoms with Crippen LogP contribution in [0.3, 0.4) is 0 Å². The fourth-order valence-electron chi connectivity index (χ4n) is 1.59. The van der Waals surface area contributed by atoms with E-state index in [1.54, 1.807) is 0 Å². The van der Waals surface area contributed by atoms with E-state index in [-0.39, 0.29) is 5.69 Å². The minimum atomic E-state index is -0.766. The Kier molecular flexibility index (Phi) is 2.78. The van der Waals surface area contributed by atoms with Gasteiger partial charge < -0.3 is 9.47 Å². The average Bonchev–Trinajstić information content (AvgIpc) is 2.70. The molecule has 0 N–H and O–H groups in total. The zero-order valence-electron chi connectivity index (χ0n) is 8.74. The third-order valence-electron chi connectivity index (χ3n) is 2.42. The molecule has 1 aromatic rings. The summed E-state index contributed by atoms with van der Waals surface area (Å²) in [6.07, 6.45) is -0.472. The van der Waals surface area contributed by atoms with Gasteiger partial charge in [0.15, 0.2) is 12.2 Å². The van der Waals surface area contributed by atoms with Gasteiger partial charge in [0.2, 0.25) is 0 Å². The Hall–Kier alpha value is -2.37. The Bertz CT molecular complexity index is 467. The third kappa shape index (κ3) is 2.10. The van der Waals surface area contributed by atoms with E-state index in [0.29, 0.717) is 5.56 Å². The van der Waals surface area contributed by atoms with E-state index in [0.717, 1.165) is 0 Å². The van der Waals surface area contributed by atoms with Gasteiger partial charge in [-0.15, -0.1) is 0 Å². The van der Waals surface area contributed by atoms with Crippen LogP contribution in [0.25, 0.3) is 0 Å². The van der Waals surface area contributed by atoms with Crippen molar-refractivity contribution in [2.75, 3.05) is 0 Å². The Labute approximate surface area is 96.6 Å². The van der Waals surface area contributed by atoms with Gasteiger partial charge in [-0.25, -0.2) is 4.79 Å². The lowest BCUT2D eigenvalue weighted by Crippen LogP contribution is -2.11. The zero-order valence-corrected chi connectivity index (χ0v) is 8.74. The van der Waals surface area contributed by atoms with Gasteiger partial charge in [-0.1, -0.05) is 6.58 Å². The van der Waals surface area contributed by atoms with Crippen molar-refractivity contribution in [3.05, 3.63) is 52.6 Å². The topological polar surface area (TPSA) is 78.7 Å². The Morgan fingerprint density at radius 1 is 1.29 bits per heavy atom. The van der Waals surface area contributed by atoms with Crippen LogP contribution in [0.2, 0.25) is 0 Å². The van der Waals surface area contributed by atoms with E-state index in [4.69, 9.17) is 9.47 Å². The molecule has 6 heteroatoms. The normalized spacial score (nSPS) is 22.7. The van der Waals surface area contributed by atoms with Crippen LogP contribution in [0.5, 0.6) is 0 Å². The summed E-state index contributed by atoms with van der Waals surface area (Å²) < 4.78 is 9.79.